The van der Waals surface area contributed by atoms with Gasteiger partial charge in [-0.25, -0.2) is 0 Å². The van der Waals surface area contributed by atoms with Gasteiger partial charge in [-0.05, 0) is 27.7 Å². The molecule has 0 spiro atoms. The molecule has 1 atom stereocenters. The van der Waals surface area contributed by atoms with Crippen LogP contribution < -0.4 is 10.9 Å². The summed E-state index contributed by atoms with van der Waals surface area (Å²) in [5, 5.41) is 12.5. The van der Waals surface area contributed by atoms with Crippen LogP contribution in [0.2, 0.25) is 0 Å². The van der Waals surface area contributed by atoms with E-state index < -0.39 is 0 Å². The van der Waals surface area contributed by atoms with E-state index in [1.165, 1.54) is 0 Å². The van der Waals surface area contributed by atoms with Crippen LogP contribution >= 0.6 is 0 Å². The number of H-pyrrole nitrogens is 2. The summed E-state index contributed by atoms with van der Waals surface area (Å²) < 4.78 is 1.80. The molecule has 0 aliphatic heterocycles. The molecule has 2 aromatic heterocycles. The number of carbonyl (C=O) groups is 1. The number of rotatable bonds is 4. The van der Waals surface area contributed by atoms with E-state index >= 15 is 0 Å². The fourth-order valence-corrected chi connectivity index (χ4v) is 2.63. The molecule has 0 saturated heterocycles. The first-order chi connectivity index (χ1) is 9.81. The monoisotopic (exact) mass is 291 g/mol. The first kappa shape index (κ1) is 15.1. The molecular formula is C14H21N5O2. The Bertz CT molecular complexity index is 722. The van der Waals surface area contributed by atoms with E-state index in [9.17, 15) is 9.59 Å². The maximum atomic E-state index is 12.1. The van der Waals surface area contributed by atoms with Crippen molar-refractivity contribution in [2.24, 2.45) is 7.05 Å². The Morgan fingerprint density at radius 1 is 1.33 bits per heavy atom. The lowest BCUT2D eigenvalue weighted by molar-refractivity contribution is -0.121. The first-order valence-corrected chi connectivity index (χ1v) is 6.86. The molecule has 7 nitrogen and oxygen atoms in total. The summed E-state index contributed by atoms with van der Waals surface area (Å²) in [6.45, 7) is 7.58. The van der Waals surface area contributed by atoms with Crippen LogP contribution in [0.1, 0.15) is 41.2 Å². The van der Waals surface area contributed by atoms with Crippen molar-refractivity contribution in [1.29, 1.82) is 0 Å². The molecule has 0 saturated carbocycles. The minimum Gasteiger partial charge on any atom is -0.349 e. The minimum atomic E-state index is -0.246. The predicted molar refractivity (Wildman–Crippen MR) is 79.1 cm³/mol. The lowest BCUT2D eigenvalue weighted by Gasteiger charge is -2.14. The summed E-state index contributed by atoms with van der Waals surface area (Å²) in [4.78, 5) is 23.7. The summed E-state index contributed by atoms with van der Waals surface area (Å²) in [7, 11) is 1.88. The quantitative estimate of drug-likeness (QED) is 0.777. The van der Waals surface area contributed by atoms with E-state index in [-0.39, 0.29) is 23.9 Å². The van der Waals surface area contributed by atoms with Gasteiger partial charge in [-0.15, -0.1) is 0 Å². The molecule has 2 rings (SSSR count). The minimum absolute atomic E-state index is 0.0629. The fraction of sp³-hybridized carbons (Fsp3) is 0.500. The highest BCUT2D eigenvalue weighted by Gasteiger charge is 2.19. The van der Waals surface area contributed by atoms with Crippen molar-refractivity contribution in [3.63, 3.8) is 0 Å². The molecule has 2 heterocycles. The van der Waals surface area contributed by atoms with E-state index in [2.05, 4.69) is 20.6 Å². The lowest BCUT2D eigenvalue weighted by atomic mass is 10.1. The van der Waals surface area contributed by atoms with E-state index in [1.54, 1.807) is 11.6 Å². The van der Waals surface area contributed by atoms with E-state index in [1.807, 2.05) is 27.8 Å². The molecular weight excluding hydrogens is 270 g/mol. The third kappa shape index (κ3) is 2.91. The average molecular weight is 291 g/mol. The van der Waals surface area contributed by atoms with E-state index in [0.29, 0.717) is 11.3 Å². The van der Waals surface area contributed by atoms with Crippen LogP contribution in [0.4, 0.5) is 0 Å². The van der Waals surface area contributed by atoms with Gasteiger partial charge in [-0.1, -0.05) is 0 Å². The Kier molecular flexibility index (Phi) is 4.02. The van der Waals surface area contributed by atoms with E-state index in [4.69, 9.17) is 0 Å². The Labute approximate surface area is 122 Å². The molecule has 0 radical (unpaired) electrons. The highest BCUT2D eigenvalue weighted by Crippen LogP contribution is 2.20. The van der Waals surface area contributed by atoms with Crippen molar-refractivity contribution in [2.45, 2.75) is 40.2 Å². The van der Waals surface area contributed by atoms with Crippen molar-refractivity contribution in [2.75, 3.05) is 0 Å². The number of aryl methyl sites for hydroxylation is 3. The molecule has 3 N–H and O–H groups in total. The Morgan fingerprint density at radius 3 is 2.48 bits per heavy atom. The summed E-state index contributed by atoms with van der Waals surface area (Å²) in [5.41, 5.74) is 3.86. The normalized spacial score (nSPS) is 12.4. The summed E-state index contributed by atoms with van der Waals surface area (Å²) in [5.74, 6) is -0.182. The Hall–Kier alpha value is -2.31. The molecule has 0 aromatic carbocycles. The Morgan fingerprint density at radius 2 is 2.00 bits per heavy atom. The number of hydrogen-bond acceptors (Lipinski definition) is 3. The number of aromatic nitrogens is 4. The van der Waals surface area contributed by atoms with Gasteiger partial charge in [-0.2, -0.15) is 5.10 Å². The van der Waals surface area contributed by atoms with Gasteiger partial charge in [0.25, 0.3) is 5.56 Å². The summed E-state index contributed by atoms with van der Waals surface area (Å²) in [6.07, 6.45) is 0.0629. The van der Waals surface area contributed by atoms with Gasteiger partial charge in [-0.3, -0.25) is 19.4 Å². The van der Waals surface area contributed by atoms with Crippen molar-refractivity contribution in [1.82, 2.24) is 25.3 Å². The second kappa shape index (κ2) is 5.59. The molecule has 7 heteroatoms. The number of nitrogens with zero attached hydrogens (tertiary/aromatic N) is 2. The topological polar surface area (TPSA) is 95.6 Å². The van der Waals surface area contributed by atoms with Crippen LogP contribution in [0.15, 0.2) is 4.79 Å². The fourth-order valence-electron chi connectivity index (χ4n) is 2.63. The largest absolute Gasteiger partial charge is 0.349 e. The summed E-state index contributed by atoms with van der Waals surface area (Å²) >= 11 is 0. The molecule has 1 unspecified atom stereocenters. The van der Waals surface area contributed by atoms with Gasteiger partial charge in [0.2, 0.25) is 5.91 Å². The van der Waals surface area contributed by atoms with Crippen LogP contribution in [0, 0.1) is 20.8 Å². The predicted octanol–water partition coefficient (Wildman–Crippen LogP) is 0.782. The van der Waals surface area contributed by atoms with Crippen LogP contribution in [-0.2, 0) is 18.3 Å². The Balaban J connectivity index is 2.11. The molecule has 114 valence electrons. The maximum Gasteiger partial charge on any atom is 0.267 e. The zero-order valence-electron chi connectivity index (χ0n) is 13.0. The van der Waals surface area contributed by atoms with Crippen LogP contribution in [0.5, 0.6) is 0 Å². The van der Waals surface area contributed by atoms with Gasteiger partial charge >= 0.3 is 0 Å². The molecule has 0 aliphatic carbocycles. The first-order valence-electron chi connectivity index (χ1n) is 6.86. The third-order valence-corrected chi connectivity index (χ3v) is 3.80. The van der Waals surface area contributed by atoms with Gasteiger partial charge in [0, 0.05) is 29.6 Å². The third-order valence-electron chi connectivity index (χ3n) is 3.80. The number of aromatic amines is 2. The highest BCUT2D eigenvalue weighted by atomic mass is 16.2. The number of carbonyl (C=O) groups excluding carboxylic acids is 1. The zero-order valence-corrected chi connectivity index (χ0v) is 13.0. The van der Waals surface area contributed by atoms with Crippen LogP contribution in [0.3, 0.4) is 0 Å². The number of hydrogen-bond donors (Lipinski definition) is 3. The molecule has 0 fully saturated rings. The van der Waals surface area contributed by atoms with Crippen LogP contribution in [-0.4, -0.2) is 25.9 Å². The summed E-state index contributed by atoms with van der Waals surface area (Å²) in [6, 6.07) is -0.149. The van der Waals surface area contributed by atoms with Crippen molar-refractivity contribution >= 4 is 5.91 Å². The van der Waals surface area contributed by atoms with Gasteiger partial charge < -0.3 is 10.4 Å². The smallest absolute Gasteiger partial charge is 0.267 e. The molecule has 0 bridgehead atoms. The van der Waals surface area contributed by atoms with Gasteiger partial charge in [0.1, 0.15) is 0 Å². The molecule has 1 amide bonds. The van der Waals surface area contributed by atoms with Gasteiger partial charge in [0.05, 0.1) is 18.2 Å². The second-order valence-corrected chi connectivity index (χ2v) is 5.36. The zero-order chi connectivity index (χ0) is 15.7. The SMILES string of the molecule is Cc1nn(C)c(C)c1C(C)NC(=O)Cc1c(C)[nH][nH]c1=O. The average Bonchev–Trinajstić information content (AvgIpc) is 2.83. The van der Waals surface area contributed by atoms with Crippen molar-refractivity contribution < 1.29 is 4.79 Å². The lowest BCUT2D eigenvalue weighted by Crippen LogP contribution is -2.30. The van der Waals surface area contributed by atoms with E-state index in [0.717, 1.165) is 17.0 Å². The highest BCUT2D eigenvalue weighted by molar-refractivity contribution is 5.79. The second-order valence-electron chi connectivity index (χ2n) is 5.36. The maximum absolute atomic E-state index is 12.1. The van der Waals surface area contributed by atoms with Crippen molar-refractivity contribution in [3.05, 3.63) is 38.6 Å². The van der Waals surface area contributed by atoms with Crippen molar-refractivity contribution in [3.8, 4) is 0 Å². The number of nitrogens with one attached hydrogen (secondary N) is 3. The van der Waals surface area contributed by atoms with Gasteiger partial charge in [0.15, 0.2) is 0 Å². The molecule has 0 aliphatic rings. The number of amides is 1. The molecule has 2 aromatic rings. The molecule has 21 heavy (non-hydrogen) atoms. The van der Waals surface area contributed by atoms with Crippen LogP contribution in [0.25, 0.3) is 0 Å². The standard InChI is InChI=1S/C14H21N5O2/c1-7-11(14(21)17-16-7)6-12(20)15-8(2)13-9(3)18-19(5)10(13)4/h8H,6H2,1-5H3,(H,15,20)(H2,16,17,21).